The van der Waals surface area contributed by atoms with E-state index < -0.39 is 0 Å². The molecule has 0 saturated carbocycles. The highest BCUT2D eigenvalue weighted by atomic mass is 15.2. The molecule has 3 nitrogen and oxygen atoms in total. The van der Waals surface area contributed by atoms with Crippen LogP contribution in [0.4, 0.5) is 0 Å². The lowest BCUT2D eigenvalue weighted by Crippen LogP contribution is -2.48. The Kier molecular flexibility index (Phi) is 4.20. The van der Waals surface area contributed by atoms with Crippen LogP contribution in [0.2, 0.25) is 0 Å². The minimum atomic E-state index is 0.406. The zero-order chi connectivity index (χ0) is 11.4. The SMILES string of the molecule is CCC(CC#N)NC1CCN2CCCC2C1. The minimum Gasteiger partial charge on any atom is -0.310 e. The van der Waals surface area contributed by atoms with Crippen molar-refractivity contribution in [3.05, 3.63) is 0 Å². The maximum Gasteiger partial charge on any atom is 0.0638 e. The van der Waals surface area contributed by atoms with E-state index in [1.54, 1.807) is 0 Å². The minimum absolute atomic E-state index is 0.406. The van der Waals surface area contributed by atoms with E-state index in [9.17, 15) is 0 Å². The van der Waals surface area contributed by atoms with E-state index in [2.05, 4.69) is 23.2 Å². The van der Waals surface area contributed by atoms with E-state index in [0.717, 1.165) is 12.5 Å². The van der Waals surface area contributed by atoms with E-state index in [0.29, 0.717) is 18.5 Å². The van der Waals surface area contributed by atoms with Crippen molar-refractivity contribution in [2.75, 3.05) is 13.1 Å². The fourth-order valence-corrected chi connectivity index (χ4v) is 3.14. The zero-order valence-corrected chi connectivity index (χ0v) is 10.3. The maximum atomic E-state index is 8.75. The number of piperidine rings is 1. The topological polar surface area (TPSA) is 39.1 Å². The van der Waals surface area contributed by atoms with Crippen molar-refractivity contribution in [2.45, 2.75) is 63.6 Å². The number of hydrogen-bond acceptors (Lipinski definition) is 3. The first-order valence-corrected chi connectivity index (χ1v) is 6.70. The zero-order valence-electron chi connectivity index (χ0n) is 10.3. The molecule has 0 aliphatic carbocycles. The molecule has 1 N–H and O–H groups in total. The van der Waals surface area contributed by atoms with Gasteiger partial charge in [0.2, 0.25) is 0 Å². The lowest BCUT2D eigenvalue weighted by molar-refractivity contribution is 0.160. The highest BCUT2D eigenvalue weighted by Crippen LogP contribution is 2.27. The van der Waals surface area contributed by atoms with Gasteiger partial charge < -0.3 is 10.2 Å². The molecular weight excluding hydrogens is 198 g/mol. The summed E-state index contributed by atoms with van der Waals surface area (Å²) in [5.74, 6) is 0. The molecule has 0 radical (unpaired) electrons. The summed E-state index contributed by atoms with van der Waals surface area (Å²) in [5, 5.41) is 12.4. The molecule has 3 unspecified atom stereocenters. The Bertz CT molecular complexity index is 258. The van der Waals surface area contributed by atoms with Gasteiger partial charge >= 0.3 is 0 Å². The van der Waals surface area contributed by atoms with E-state index in [1.165, 1.54) is 38.8 Å². The Balaban J connectivity index is 1.80. The summed E-state index contributed by atoms with van der Waals surface area (Å²) < 4.78 is 0. The molecule has 16 heavy (non-hydrogen) atoms. The second-order valence-corrected chi connectivity index (χ2v) is 5.19. The second kappa shape index (κ2) is 5.65. The second-order valence-electron chi connectivity index (χ2n) is 5.19. The van der Waals surface area contributed by atoms with Crippen molar-refractivity contribution in [2.24, 2.45) is 0 Å². The van der Waals surface area contributed by atoms with Gasteiger partial charge in [0.25, 0.3) is 0 Å². The average Bonchev–Trinajstić information content (AvgIpc) is 2.75. The van der Waals surface area contributed by atoms with E-state index in [-0.39, 0.29) is 0 Å². The van der Waals surface area contributed by atoms with Crippen molar-refractivity contribution in [1.82, 2.24) is 10.2 Å². The Morgan fingerprint density at radius 2 is 2.31 bits per heavy atom. The molecule has 2 aliphatic rings. The van der Waals surface area contributed by atoms with Gasteiger partial charge in [0.05, 0.1) is 12.5 Å². The molecule has 3 atom stereocenters. The molecule has 0 aromatic heterocycles. The first kappa shape index (κ1) is 11.9. The molecule has 0 aromatic carbocycles. The van der Waals surface area contributed by atoms with Gasteiger partial charge in [0.15, 0.2) is 0 Å². The molecule has 2 fully saturated rings. The molecule has 2 saturated heterocycles. The van der Waals surface area contributed by atoms with Crippen LogP contribution in [0, 0.1) is 11.3 Å². The fraction of sp³-hybridized carbons (Fsp3) is 0.923. The summed E-state index contributed by atoms with van der Waals surface area (Å²) in [5.41, 5.74) is 0. The van der Waals surface area contributed by atoms with Gasteiger partial charge in [-0.25, -0.2) is 0 Å². The number of nitriles is 1. The molecule has 0 bridgehead atoms. The Hall–Kier alpha value is -0.590. The van der Waals surface area contributed by atoms with Gasteiger partial charge in [-0.15, -0.1) is 0 Å². The van der Waals surface area contributed by atoms with Crippen LogP contribution in [0.25, 0.3) is 0 Å². The molecule has 2 aliphatic heterocycles. The Morgan fingerprint density at radius 3 is 3.06 bits per heavy atom. The van der Waals surface area contributed by atoms with Crippen LogP contribution in [0.1, 0.15) is 45.4 Å². The average molecular weight is 221 g/mol. The number of fused-ring (bicyclic) bond motifs is 1. The van der Waals surface area contributed by atoms with Crippen molar-refractivity contribution in [1.29, 1.82) is 5.26 Å². The predicted molar refractivity (Wildman–Crippen MR) is 65.1 cm³/mol. The monoisotopic (exact) mass is 221 g/mol. The molecular formula is C13H23N3. The number of nitrogens with one attached hydrogen (secondary N) is 1. The first-order chi connectivity index (χ1) is 7.83. The van der Waals surface area contributed by atoms with E-state index >= 15 is 0 Å². The van der Waals surface area contributed by atoms with Crippen LogP contribution in [-0.4, -0.2) is 36.1 Å². The van der Waals surface area contributed by atoms with Gasteiger partial charge in [0, 0.05) is 18.1 Å². The fourth-order valence-electron chi connectivity index (χ4n) is 3.14. The molecule has 90 valence electrons. The third-order valence-corrected chi connectivity index (χ3v) is 4.12. The normalized spacial score (nSPS) is 32.0. The molecule has 0 amide bonds. The van der Waals surface area contributed by atoms with E-state index in [4.69, 9.17) is 5.26 Å². The summed E-state index contributed by atoms with van der Waals surface area (Å²) in [7, 11) is 0. The Morgan fingerprint density at radius 1 is 1.44 bits per heavy atom. The third-order valence-electron chi connectivity index (χ3n) is 4.12. The number of rotatable bonds is 4. The van der Waals surface area contributed by atoms with Gasteiger partial charge in [-0.2, -0.15) is 5.26 Å². The summed E-state index contributed by atoms with van der Waals surface area (Å²) in [4.78, 5) is 2.64. The van der Waals surface area contributed by atoms with Crippen LogP contribution in [0.5, 0.6) is 0 Å². The van der Waals surface area contributed by atoms with Gasteiger partial charge in [-0.05, 0) is 45.2 Å². The molecule has 0 spiro atoms. The molecule has 2 rings (SSSR count). The maximum absolute atomic E-state index is 8.75. The molecule has 2 heterocycles. The van der Waals surface area contributed by atoms with Crippen LogP contribution in [0.15, 0.2) is 0 Å². The van der Waals surface area contributed by atoms with Gasteiger partial charge in [-0.3, -0.25) is 0 Å². The van der Waals surface area contributed by atoms with Crippen LogP contribution >= 0.6 is 0 Å². The summed E-state index contributed by atoms with van der Waals surface area (Å²) >= 11 is 0. The third kappa shape index (κ3) is 2.75. The molecule has 0 aromatic rings. The summed E-state index contributed by atoms with van der Waals surface area (Å²) in [6.45, 7) is 4.73. The summed E-state index contributed by atoms with van der Waals surface area (Å²) in [6.07, 6.45) is 7.04. The van der Waals surface area contributed by atoms with Crippen LogP contribution < -0.4 is 5.32 Å². The van der Waals surface area contributed by atoms with E-state index in [1.807, 2.05) is 0 Å². The predicted octanol–water partition coefficient (Wildman–Crippen LogP) is 1.90. The largest absolute Gasteiger partial charge is 0.310 e. The highest BCUT2D eigenvalue weighted by molar-refractivity contribution is 4.91. The van der Waals surface area contributed by atoms with Gasteiger partial charge in [-0.1, -0.05) is 6.92 Å². The molecule has 3 heteroatoms. The number of hydrogen-bond donors (Lipinski definition) is 1. The van der Waals surface area contributed by atoms with Crippen molar-refractivity contribution < 1.29 is 0 Å². The van der Waals surface area contributed by atoms with Crippen LogP contribution in [0.3, 0.4) is 0 Å². The Labute approximate surface area is 98.8 Å². The lowest BCUT2D eigenvalue weighted by Gasteiger charge is -2.36. The standard InChI is InChI=1S/C13H23N3/c1-2-11(5-7-14)15-12-6-9-16-8-3-4-13(16)10-12/h11-13,15H,2-6,8-10H2,1H3. The highest BCUT2D eigenvalue weighted by Gasteiger charge is 2.31. The van der Waals surface area contributed by atoms with Gasteiger partial charge in [0.1, 0.15) is 0 Å². The summed E-state index contributed by atoms with van der Waals surface area (Å²) in [6, 6.07) is 4.16. The first-order valence-electron chi connectivity index (χ1n) is 6.70. The van der Waals surface area contributed by atoms with Crippen molar-refractivity contribution >= 4 is 0 Å². The van der Waals surface area contributed by atoms with Crippen molar-refractivity contribution in [3.8, 4) is 6.07 Å². The smallest absolute Gasteiger partial charge is 0.0638 e. The lowest BCUT2D eigenvalue weighted by atomic mass is 9.96. The van der Waals surface area contributed by atoms with Crippen LogP contribution in [-0.2, 0) is 0 Å². The van der Waals surface area contributed by atoms with Crippen molar-refractivity contribution in [3.63, 3.8) is 0 Å². The quantitative estimate of drug-likeness (QED) is 0.788. The number of nitrogens with zero attached hydrogens (tertiary/aromatic N) is 2.